The molecule has 0 unspecified atom stereocenters. The van der Waals surface area contributed by atoms with Crippen LogP contribution in [-0.4, -0.2) is 61.0 Å². The molecule has 32 heavy (non-hydrogen) atoms. The van der Waals surface area contributed by atoms with Crippen molar-refractivity contribution in [3.8, 4) is 0 Å². The Morgan fingerprint density at radius 2 is 1.59 bits per heavy atom. The van der Waals surface area contributed by atoms with Gasteiger partial charge in [-0.3, -0.25) is 4.79 Å². The molecule has 2 heterocycles. The molecule has 2 saturated heterocycles. The summed E-state index contributed by atoms with van der Waals surface area (Å²) in [7, 11) is 2.52. The maximum atomic E-state index is 12.9. The third-order valence-electron chi connectivity index (χ3n) is 6.15. The topological polar surface area (TPSA) is 85.4 Å². The summed E-state index contributed by atoms with van der Waals surface area (Å²) in [5.74, 6) is -2.15. The van der Waals surface area contributed by atoms with E-state index in [0.717, 1.165) is 11.1 Å². The number of hydrogen-bond donors (Lipinski definition) is 0. The highest BCUT2D eigenvalue weighted by atomic mass is 16.6. The molecule has 1 amide bonds. The zero-order valence-corrected chi connectivity index (χ0v) is 18.0. The number of aryl methyl sites for hydroxylation is 1. The van der Waals surface area contributed by atoms with Crippen molar-refractivity contribution in [2.75, 3.05) is 20.8 Å². The minimum absolute atomic E-state index is 0.114. The molecule has 0 aromatic heterocycles. The van der Waals surface area contributed by atoms with Crippen LogP contribution in [0.5, 0.6) is 0 Å². The average molecular weight is 438 g/mol. The number of cyclic esters (lactones) is 1. The lowest BCUT2D eigenvalue weighted by Gasteiger charge is -2.42. The number of hydrazine groups is 1. The van der Waals surface area contributed by atoms with Crippen molar-refractivity contribution in [3.05, 3.63) is 71.8 Å². The van der Waals surface area contributed by atoms with E-state index in [-0.39, 0.29) is 12.6 Å². The van der Waals surface area contributed by atoms with Crippen LogP contribution in [0.2, 0.25) is 0 Å². The Hall–Kier alpha value is -3.39. The van der Waals surface area contributed by atoms with Crippen LogP contribution in [0, 0.1) is 5.92 Å². The Balaban J connectivity index is 1.77. The van der Waals surface area contributed by atoms with E-state index in [1.165, 1.54) is 19.2 Å². The molecule has 4 atom stereocenters. The first-order valence-electron chi connectivity index (χ1n) is 10.6. The Morgan fingerprint density at radius 1 is 0.969 bits per heavy atom. The number of rotatable bonds is 6. The molecule has 168 valence electrons. The standard InChI is InChI=1S/C24H26N2O6/c1-30-22(27)20-18(14-13-16-9-5-3-6-10-16)25-19(17-11-7-4-8-12-17)15-32-24(29)26(25)21(20)23(28)31-2/h3-12,18-21H,13-15H2,1-2H3/t18-,19-,20-,21-/m0/s1. The molecule has 0 bridgehead atoms. The van der Waals surface area contributed by atoms with Crippen molar-refractivity contribution in [1.82, 2.24) is 10.0 Å². The fraction of sp³-hybridized carbons (Fsp3) is 0.375. The SMILES string of the molecule is COC(=O)[C@@H]1[C@@H](C(=O)OC)N2C(=O)OC[C@@H](c3ccccc3)N2[C@H]1CCc1ccccc1. The molecule has 0 saturated carbocycles. The number of methoxy groups -OCH3 is 2. The molecule has 0 spiro atoms. The first kappa shape index (κ1) is 21.8. The van der Waals surface area contributed by atoms with E-state index in [1.807, 2.05) is 65.7 Å². The van der Waals surface area contributed by atoms with Crippen LogP contribution in [-0.2, 0) is 30.2 Å². The zero-order valence-electron chi connectivity index (χ0n) is 18.0. The Kier molecular flexibility index (Phi) is 6.41. The fourth-order valence-corrected chi connectivity index (χ4v) is 4.70. The number of fused-ring (bicyclic) bond motifs is 1. The predicted octanol–water partition coefficient (Wildman–Crippen LogP) is 2.74. The third-order valence-corrected chi connectivity index (χ3v) is 6.15. The van der Waals surface area contributed by atoms with Crippen LogP contribution in [0.15, 0.2) is 60.7 Å². The van der Waals surface area contributed by atoms with E-state index in [1.54, 1.807) is 0 Å². The van der Waals surface area contributed by atoms with Gasteiger partial charge in [0.1, 0.15) is 12.5 Å². The second-order valence-corrected chi connectivity index (χ2v) is 7.84. The van der Waals surface area contributed by atoms with E-state index in [0.29, 0.717) is 12.8 Å². The Labute approximate surface area is 186 Å². The van der Waals surface area contributed by atoms with E-state index >= 15 is 0 Å². The number of nitrogens with zero attached hydrogens (tertiary/aromatic N) is 2. The van der Waals surface area contributed by atoms with Crippen LogP contribution in [0.3, 0.4) is 0 Å². The van der Waals surface area contributed by atoms with Gasteiger partial charge in [0.15, 0.2) is 6.04 Å². The van der Waals surface area contributed by atoms with Crippen molar-refractivity contribution in [1.29, 1.82) is 0 Å². The number of carbonyl (C=O) groups excluding carboxylic acids is 3. The second kappa shape index (κ2) is 9.40. The van der Waals surface area contributed by atoms with Gasteiger partial charge in [-0.05, 0) is 24.0 Å². The summed E-state index contributed by atoms with van der Waals surface area (Å²) in [6.45, 7) is 0.114. The summed E-state index contributed by atoms with van der Waals surface area (Å²) >= 11 is 0. The number of ether oxygens (including phenoxy) is 3. The van der Waals surface area contributed by atoms with Crippen LogP contribution >= 0.6 is 0 Å². The quantitative estimate of drug-likeness (QED) is 0.506. The van der Waals surface area contributed by atoms with Crippen LogP contribution in [0.25, 0.3) is 0 Å². The largest absolute Gasteiger partial charge is 0.469 e. The molecule has 0 aliphatic carbocycles. The number of amides is 1. The Bertz CT molecular complexity index is 967. The van der Waals surface area contributed by atoms with Gasteiger partial charge < -0.3 is 14.2 Å². The molecule has 2 aromatic carbocycles. The predicted molar refractivity (Wildman–Crippen MR) is 114 cm³/mol. The van der Waals surface area contributed by atoms with Gasteiger partial charge in [-0.25, -0.2) is 19.6 Å². The summed E-state index contributed by atoms with van der Waals surface area (Å²) in [6, 6.07) is 17.5. The van der Waals surface area contributed by atoms with Gasteiger partial charge in [-0.15, -0.1) is 0 Å². The smallest absolute Gasteiger partial charge is 0.425 e. The van der Waals surface area contributed by atoms with E-state index in [9.17, 15) is 14.4 Å². The maximum Gasteiger partial charge on any atom is 0.425 e. The third kappa shape index (κ3) is 3.93. The number of hydrogen-bond acceptors (Lipinski definition) is 7. The molecule has 8 heteroatoms. The molecule has 2 aromatic rings. The van der Waals surface area contributed by atoms with Crippen LogP contribution in [0.1, 0.15) is 23.6 Å². The number of benzene rings is 2. The number of esters is 2. The fourth-order valence-electron chi connectivity index (χ4n) is 4.70. The lowest BCUT2D eigenvalue weighted by molar-refractivity contribution is -0.159. The lowest BCUT2D eigenvalue weighted by Crippen LogP contribution is -2.56. The van der Waals surface area contributed by atoms with Crippen LogP contribution < -0.4 is 0 Å². The van der Waals surface area contributed by atoms with E-state index < -0.39 is 36.0 Å². The summed E-state index contributed by atoms with van der Waals surface area (Å²) in [4.78, 5) is 38.6. The van der Waals surface area contributed by atoms with Gasteiger partial charge in [0.2, 0.25) is 0 Å². The molecule has 2 fully saturated rings. The monoisotopic (exact) mass is 438 g/mol. The highest BCUT2D eigenvalue weighted by Crippen LogP contribution is 2.43. The normalized spacial score (nSPS) is 25.1. The van der Waals surface area contributed by atoms with E-state index in [4.69, 9.17) is 14.2 Å². The summed E-state index contributed by atoms with van der Waals surface area (Å²) in [5.41, 5.74) is 2.02. The van der Waals surface area contributed by atoms with Crippen molar-refractivity contribution in [2.24, 2.45) is 5.92 Å². The van der Waals surface area contributed by atoms with Crippen molar-refractivity contribution in [3.63, 3.8) is 0 Å². The lowest BCUT2D eigenvalue weighted by atomic mass is 9.88. The molecular weight excluding hydrogens is 412 g/mol. The van der Waals surface area contributed by atoms with Crippen LogP contribution in [0.4, 0.5) is 4.79 Å². The molecule has 2 aliphatic rings. The molecular formula is C24H26N2O6. The average Bonchev–Trinajstić information content (AvgIpc) is 3.19. The first-order chi connectivity index (χ1) is 15.6. The highest BCUT2D eigenvalue weighted by molar-refractivity contribution is 5.89. The molecule has 2 aliphatic heterocycles. The summed E-state index contributed by atoms with van der Waals surface area (Å²) in [5, 5.41) is 3.08. The van der Waals surface area contributed by atoms with Crippen molar-refractivity contribution in [2.45, 2.75) is 31.0 Å². The summed E-state index contributed by atoms with van der Waals surface area (Å²) < 4.78 is 15.5. The Morgan fingerprint density at radius 3 is 2.22 bits per heavy atom. The first-order valence-corrected chi connectivity index (χ1v) is 10.6. The van der Waals surface area contributed by atoms with Gasteiger partial charge in [0, 0.05) is 6.04 Å². The zero-order chi connectivity index (χ0) is 22.7. The van der Waals surface area contributed by atoms with Crippen molar-refractivity contribution >= 4 is 18.0 Å². The highest BCUT2D eigenvalue weighted by Gasteiger charge is 2.61. The van der Waals surface area contributed by atoms with Gasteiger partial charge in [-0.1, -0.05) is 60.7 Å². The molecule has 0 N–H and O–H groups in total. The van der Waals surface area contributed by atoms with Gasteiger partial charge in [0.05, 0.1) is 20.3 Å². The minimum atomic E-state index is -1.16. The molecule has 0 radical (unpaired) electrons. The van der Waals surface area contributed by atoms with Gasteiger partial charge >= 0.3 is 18.0 Å². The maximum absolute atomic E-state index is 12.9. The van der Waals surface area contributed by atoms with Gasteiger partial charge in [-0.2, -0.15) is 0 Å². The minimum Gasteiger partial charge on any atom is -0.469 e. The summed E-state index contributed by atoms with van der Waals surface area (Å²) in [6.07, 6.45) is 0.516. The van der Waals surface area contributed by atoms with E-state index in [2.05, 4.69) is 0 Å². The molecule has 4 rings (SSSR count). The van der Waals surface area contributed by atoms with Gasteiger partial charge in [0.25, 0.3) is 0 Å². The second-order valence-electron chi connectivity index (χ2n) is 7.84. The van der Waals surface area contributed by atoms with Crippen molar-refractivity contribution < 1.29 is 28.6 Å². The number of carbonyl (C=O) groups is 3. The molecule has 8 nitrogen and oxygen atoms in total.